The van der Waals surface area contributed by atoms with Crippen LogP contribution in [-0.2, 0) is 4.79 Å². The van der Waals surface area contributed by atoms with Crippen LogP contribution in [0.15, 0.2) is 77.0 Å². The molecule has 0 atom stereocenters. The Hall–Kier alpha value is -3.80. The van der Waals surface area contributed by atoms with Gasteiger partial charge in [-0.05, 0) is 61.4 Å². The molecule has 30 heavy (non-hydrogen) atoms. The minimum absolute atomic E-state index is 0.0879. The zero-order valence-electron chi connectivity index (χ0n) is 17.0. The minimum atomic E-state index is -0.431. The van der Waals surface area contributed by atoms with Crippen molar-refractivity contribution >= 4 is 17.9 Å². The van der Waals surface area contributed by atoms with Crippen LogP contribution in [0.4, 0.5) is 0 Å². The van der Waals surface area contributed by atoms with Crippen molar-refractivity contribution in [3.05, 3.63) is 95.1 Å². The number of furan rings is 1. The molecule has 3 rings (SSSR count). The third kappa shape index (κ3) is 5.85. The molecule has 0 aliphatic rings. The molecule has 0 radical (unpaired) electrons. The second-order valence-electron chi connectivity index (χ2n) is 6.74. The number of nitrogens with one attached hydrogen (secondary N) is 2. The van der Waals surface area contributed by atoms with Gasteiger partial charge in [0.15, 0.2) is 0 Å². The molecule has 0 saturated carbocycles. The molecular weight excluding hydrogens is 380 g/mol. The van der Waals surface area contributed by atoms with Gasteiger partial charge in [-0.25, -0.2) is 0 Å². The predicted octanol–water partition coefficient (Wildman–Crippen LogP) is 3.86. The van der Waals surface area contributed by atoms with E-state index in [0.717, 1.165) is 11.3 Å². The van der Waals surface area contributed by atoms with Crippen LogP contribution in [0, 0.1) is 13.8 Å². The van der Waals surface area contributed by atoms with Gasteiger partial charge >= 0.3 is 0 Å². The summed E-state index contributed by atoms with van der Waals surface area (Å²) >= 11 is 0. The molecule has 6 heteroatoms. The van der Waals surface area contributed by atoms with E-state index in [1.807, 2.05) is 38.1 Å². The van der Waals surface area contributed by atoms with Crippen molar-refractivity contribution in [1.29, 1.82) is 0 Å². The average molecular weight is 404 g/mol. The number of carbonyl (C=O) groups is 2. The zero-order chi connectivity index (χ0) is 21.3. The van der Waals surface area contributed by atoms with Crippen LogP contribution in [-0.4, -0.2) is 25.0 Å². The summed E-state index contributed by atoms with van der Waals surface area (Å²) < 4.78 is 11.0. The van der Waals surface area contributed by atoms with Gasteiger partial charge in [0.2, 0.25) is 0 Å². The van der Waals surface area contributed by atoms with E-state index < -0.39 is 5.91 Å². The highest BCUT2D eigenvalue weighted by Crippen LogP contribution is 2.16. The summed E-state index contributed by atoms with van der Waals surface area (Å²) in [4.78, 5) is 25.1. The molecule has 3 aromatic rings. The molecule has 1 heterocycles. The lowest BCUT2D eigenvalue weighted by Gasteiger charge is -2.12. The van der Waals surface area contributed by atoms with Crippen molar-refractivity contribution in [2.75, 3.05) is 13.2 Å². The molecule has 0 unspecified atom stereocenters. The molecule has 1 aromatic heterocycles. The van der Waals surface area contributed by atoms with Crippen molar-refractivity contribution in [3.63, 3.8) is 0 Å². The number of ether oxygens (including phenoxy) is 1. The van der Waals surface area contributed by atoms with E-state index in [2.05, 4.69) is 10.6 Å². The van der Waals surface area contributed by atoms with Crippen LogP contribution in [0.5, 0.6) is 5.75 Å². The first kappa shape index (κ1) is 20.9. The quantitative estimate of drug-likeness (QED) is 0.441. The molecule has 0 aliphatic carbocycles. The third-order valence-electron chi connectivity index (χ3n) is 4.49. The number of hydrogen-bond donors (Lipinski definition) is 2. The Morgan fingerprint density at radius 3 is 2.50 bits per heavy atom. The maximum Gasteiger partial charge on any atom is 0.268 e. The minimum Gasteiger partial charge on any atom is -0.492 e. The Bertz CT molecular complexity index is 1020. The molecule has 0 fully saturated rings. The van der Waals surface area contributed by atoms with Crippen molar-refractivity contribution in [1.82, 2.24) is 10.6 Å². The number of benzene rings is 2. The molecule has 2 amide bonds. The van der Waals surface area contributed by atoms with E-state index in [1.54, 1.807) is 36.4 Å². The third-order valence-corrected chi connectivity index (χ3v) is 4.49. The summed E-state index contributed by atoms with van der Waals surface area (Å²) in [5.41, 5.74) is 2.88. The summed E-state index contributed by atoms with van der Waals surface area (Å²) in [6, 6.07) is 17.9. The summed E-state index contributed by atoms with van der Waals surface area (Å²) in [6.07, 6.45) is 2.98. The lowest BCUT2D eigenvalue weighted by Crippen LogP contribution is -2.36. The smallest absolute Gasteiger partial charge is 0.268 e. The normalized spacial score (nSPS) is 11.1. The highest BCUT2D eigenvalue weighted by molar-refractivity contribution is 6.05. The number of rotatable bonds is 8. The highest BCUT2D eigenvalue weighted by Gasteiger charge is 2.15. The van der Waals surface area contributed by atoms with E-state index in [9.17, 15) is 9.59 Å². The van der Waals surface area contributed by atoms with E-state index in [0.29, 0.717) is 17.9 Å². The molecule has 154 valence electrons. The molecule has 0 spiro atoms. The van der Waals surface area contributed by atoms with E-state index in [-0.39, 0.29) is 18.1 Å². The Morgan fingerprint density at radius 1 is 1.00 bits per heavy atom. The van der Waals surface area contributed by atoms with Crippen LogP contribution < -0.4 is 15.4 Å². The highest BCUT2D eigenvalue weighted by atomic mass is 16.5. The van der Waals surface area contributed by atoms with Gasteiger partial charge in [-0.3, -0.25) is 9.59 Å². The summed E-state index contributed by atoms with van der Waals surface area (Å²) in [6.45, 7) is 4.64. The van der Waals surface area contributed by atoms with Gasteiger partial charge in [-0.15, -0.1) is 0 Å². The summed E-state index contributed by atoms with van der Waals surface area (Å²) in [7, 11) is 0. The van der Waals surface area contributed by atoms with E-state index in [4.69, 9.17) is 9.15 Å². The van der Waals surface area contributed by atoms with Gasteiger partial charge < -0.3 is 19.8 Å². The topological polar surface area (TPSA) is 80.6 Å². The molecule has 0 aliphatic heterocycles. The van der Waals surface area contributed by atoms with Crippen LogP contribution in [0.2, 0.25) is 0 Å². The second-order valence-corrected chi connectivity index (χ2v) is 6.74. The van der Waals surface area contributed by atoms with Crippen LogP contribution in [0.3, 0.4) is 0 Å². The predicted molar refractivity (Wildman–Crippen MR) is 115 cm³/mol. The number of aryl methyl sites for hydroxylation is 2. The van der Waals surface area contributed by atoms with Gasteiger partial charge in [-0.2, -0.15) is 0 Å². The van der Waals surface area contributed by atoms with Crippen molar-refractivity contribution in [3.8, 4) is 5.75 Å². The maximum absolute atomic E-state index is 12.7. The molecule has 0 saturated heterocycles. The van der Waals surface area contributed by atoms with Gasteiger partial charge in [0, 0.05) is 11.6 Å². The lowest BCUT2D eigenvalue weighted by molar-refractivity contribution is -0.117. The fraction of sp³-hybridized carbons (Fsp3) is 0.167. The van der Waals surface area contributed by atoms with Crippen LogP contribution in [0.25, 0.3) is 6.08 Å². The van der Waals surface area contributed by atoms with Crippen molar-refractivity contribution < 1.29 is 18.7 Å². The largest absolute Gasteiger partial charge is 0.492 e. The molecule has 0 bridgehead atoms. The van der Waals surface area contributed by atoms with E-state index >= 15 is 0 Å². The Balaban J connectivity index is 1.60. The fourth-order valence-corrected chi connectivity index (χ4v) is 2.69. The first-order valence-corrected chi connectivity index (χ1v) is 9.63. The van der Waals surface area contributed by atoms with E-state index in [1.165, 1.54) is 17.9 Å². The molecular formula is C24H24N2O4. The van der Waals surface area contributed by atoms with Crippen LogP contribution >= 0.6 is 0 Å². The zero-order valence-corrected chi connectivity index (χ0v) is 17.0. The lowest BCUT2D eigenvalue weighted by atomic mass is 10.1. The fourth-order valence-electron chi connectivity index (χ4n) is 2.69. The van der Waals surface area contributed by atoms with Gasteiger partial charge in [0.05, 0.1) is 12.8 Å². The average Bonchev–Trinajstić information content (AvgIpc) is 3.27. The van der Waals surface area contributed by atoms with Gasteiger partial charge in [0.1, 0.15) is 23.8 Å². The molecule has 2 N–H and O–H groups in total. The van der Waals surface area contributed by atoms with Crippen molar-refractivity contribution in [2.45, 2.75) is 13.8 Å². The molecule has 6 nitrogen and oxygen atoms in total. The number of carbonyl (C=O) groups excluding carboxylic acids is 2. The maximum atomic E-state index is 12.7. The standard InChI is InChI=1S/C24H24N2O4/c1-17-10-11-21(15-18(17)2)30-14-12-25-24(28)22(16-20-9-6-13-29-20)26-23(27)19-7-4-3-5-8-19/h3-11,13,15-16H,12,14H2,1-2H3,(H,25,28)(H,26,27)/b22-16-. The Kier molecular flexibility index (Phi) is 7.05. The SMILES string of the molecule is Cc1ccc(OCCNC(=O)/C(=C/c2ccco2)NC(=O)c2ccccc2)cc1C. The Morgan fingerprint density at radius 2 is 1.80 bits per heavy atom. The summed E-state index contributed by atoms with van der Waals surface area (Å²) in [5, 5.41) is 5.41. The first-order valence-electron chi connectivity index (χ1n) is 9.63. The number of amides is 2. The van der Waals surface area contributed by atoms with Gasteiger partial charge in [0.25, 0.3) is 11.8 Å². The number of hydrogen-bond acceptors (Lipinski definition) is 4. The van der Waals surface area contributed by atoms with Crippen molar-refractivity contribution in [2.24, 2.45) is 0 Å². The summed E-state index contributed by atoms with van der Waals surface area (Å²) in [5.74, 6) is 0.394. The second kappa shape index (κ2) is 10.1. The Labute approximate surface area is 175 Å². The molecule has 2 aromatic carbocycles. The first-order chi connectivity index (χ1) is 14.5. The van der Waals surface area contributed by atoms with Crippen LogP contribution in [0.1, 0.15) is 27.2 Å². The monoisotopic (exact) mass is 404 g/mol. The van der Waals surface area contributed by atoms with Gasteiger partial charge in [-0.1, -0.05) is 24.3 Å².